The summed E-state index contributed by atoms with van der Waals surface area (Å²) < 4.78 is 44.5. The summed E-state index contributed by atoms with van der Waals surface area (Å²) in [6.45, 7) is -0.310. The van der Waals surface area contributed by atoms with Gasteiger partial charge in [-0.3, -0.25) is 0 Å². The van der Waals surface area contributed by atoms with Crippen LogP contribution in [0.3, 0.4) is 0 Å². The van der Waals surface area contributed by atoms with Crippen molar-refractivity contribution < 1.29 is 27.8 Å². The highest BCUT2D eigenvalue weighted by Crippen LogP contribution is 2.37. The lowest BCUT2D eigenvalue weighted by atomic mass is 10.2. The van der Waals surface area contributed by atoms with Crippen molar-refractivity contribution in [1.82, 2.24) is 4.98 Å². The van der Waals surface area contributed by atoms with Gasteiger partial charge >= 0.3 is 6.36 Å². The molecule has 1 aromatic heterocycles. The lowest BCUT2D eigenvalue weighted by Gasteiger charge is -2.15. The zero-order chi connectivity index (χ0) is 12.3. The normalized spacial score (nSPS) is 11.3. The summed E-state index contributed by atoms with van der Waals surface area (Å²) in [7, 11) is 1.22. The van der Waals surface area contributed by atoms with Gasteiger partial charge in [-0.1, -0.05) is 0 Å². The van der Waals surface area contributed by atoms with Crippen LogP contribution in [-0.4, -0.2) is 23.6 Å². The number of ether oxygens (including phenoxy) is 2. The number of alkyl halides is 3. The molecule has 0 aliphatic heterocycles. The molecule has 0 bridgehead atoms. The van der Waals surface area contributed by atoms with E-state index in [1.54, 1.807) is 0 Å². The predicted octanol–water partition coefficient (Wildman–Crippen LogP) is 1.15. The third-order valence-corrected chi connectivity index (χ3v) is 1.68. The van der Waals surface area contributed by atoms with Crippen LogP contribution in [0.5, 0.6) is 17.4 Å². The van der Waals surface area contributed by atoms with Crippen LogP contribution >= 0.6 is 0 Å². The molecule has 0 saturated carbocycles. The van der Waals surface area contributed by atoms with Gasteiger partial charge in [0.25, 0.3) is 0 Å². The van der Waals surface area contributed by atoms with Crippen LogP contribution in [-0.2, 0) is 6.54 Å². The first kappa shape index (κ1) is 12.4. The van der Waals surface area contributed by atoms with Crippen LogP contribution in [0.4, 0.5) is 13.2 Å². The van der Waals surface area contributed by atoms with Crippen LogP contribution in [0.25, 0.3) is 0 Å². The molecule has 5 nitrogen and oxygen atoms in total. The Morgan fingerprint density at radius 3 is 2.56 bits per heavy atom. The molecule has 0 unspecified atom stereocenters. The van der Waals surface area contributed by atoms with E-state index in [1.807, 2.05) is 0 Å². The molecule has 0 spiro atoms. The standard InChI is InChI=1S/C8H9F3N2O3/c1-15-7-4(2-12)6(5(14)3-13-7)16-8(9,10)11/h3,14H,2,12H2,1H3. The number of pyridine rings is 1. The number of nitrogens with two attached hydrogens (primary N) is 1. The second-order valence-electron chi connectivity index (χ2n) is 2.71. The van der Waals surface area contributed by atoms with E-state index in [1.165, 1.54) is 7.11 Å². The highest BCUT2D eigenvalue weighted by Gasteiger charge is 2.34. The summed E-state index contributed by atoms with van der Waals surface area (Å²) in [4.78, 5) is 3.56. The molecule has 1 aromatic rings. The van der Waals surface area contributed by atoms with Crippen molar-refractivity contribution in [1.29, 1.82) is 0 Å². The summed E-state index contributed by atoms with van der Waals surface area (Å²) in [6.07, 6.45) is -4.13. The second-order valence-corrected chi connectivity index (χ2v) is 2.71. The Labute approximate surface area is 88.6 Å². The third kappa shape index (κ3) is 2.66. The minimum atomic E-state index is -4.92. The van der Waals surface area contributed by atoms with Crippen LogP contribution in [0.1, 0.15) is 5.56 Å². The quantitative estimate of drug-likeness (QED) is 0.826. The highest BCUT2D eigenvalue weighted by atomic mass is 19.4. The number of rotatable bonds is 3. The Morgan fingerprint density at radius 2 is 2.12 bits per heavy atom. The molecule has 0 radical (unpaired) electrons. The van der Waals surface area contributed by atoms with Crippen molar-refractivity contribution in [2.24, 2.45) is 5.73 Å². The Bertz CT molecular complexity index is 382. The molecule has 0 aliphatic rings. The molecule has 16 heavy (non-hydrogen) atoms. The van der Waals surface area contributed by atoms with Crippen LogP contribution in [0, 0.1) is 0 Å². The van der Waals surface area contributed by atoms with E-state index in [2.05, 4.69) is 9.72 Å². The van der Waals surface area contributed by atoms with Crippen LogP contribution in [0.2, 0.25) is 0 Å². The van der Waals surface area contributed by atoms with Gasteiger partial charge in [-0.25, -0.2) is 4.98 Å². The number of hydrogen-bond acceptors (Lipinski definition) is 5. The van der Waals surface area contributed by atoms with Gasteiger partial charge in [0.05, 0.1) is 18.9 Å². The molecular weight excluding hydrogens is 229 g/mol. The number of aromatic nitrogens is 1. The van der Waals surface area contributed by atoms with E-state index >= 15 is 0 Å². The summed E-state index contributed by atoms with van der Waals surface area (Å²) in [6, 6.07) is 0. The SMILES string of the molecule is COc1ncc(O)c(OC(F)(F)F)c1CN. The van der Waals surface area contributed by atoms with Gasteiger partial charge in [-0.15, -0.1) is 13.2 Å². The zero-order valence-electron chi connectivity index (χ0n) is 8.21. The smallest absolute Gasteiger partial charge is 0.503 e. The molecule has 0 aromatic carbocycles. The summed E-state index contributed by atoms with van der Waals surface area (Å²) in [5, 5.41) is 9.21. The van der Waals surface area contributed by atoms with E-state index in [9.17, 15) is 18.3 Å². The number of methoxy groups -OCH3 is 1. The molecule has 0 aliphatic carbocycles. The fraction of sp³-hybridized carbons (Fsp3) is 0.375. The monoisotopic (exact) mass is 238 g/mol. The Balaban J connectivity index is 3.23. The first-order valence-electron chi connectivity index (χ1n) is 4.09. The largest absolute Gasteiger partial charge is 0.573 e. The van der Waals surface area contributed by atoms with E-state index in [0.717, 1.165) is 6.20 Å². The average Bonchev–Trinajstić information content (AvgIpc) is 2.19. The van der Waals surface area contributed by atoms with Gasteiger partial charge < -0.3 is 20.3 Å². The molecule has 3 N–H and O–H groups in total. The first-order chi connectivity index (χ1) is 7.39. The maximum atomic E-state index is 12.0. The van der Waals surface area contributed by atoms with Crippen molar-refractivity contribution in [3.05, 3.63) is 11.8 Å². The number of hydrogen-bond donors (Lipinski definition) is 2. The van der Waals surface area contributed by atoms with Crippen molar-refractivity contribution in [3.8, 4) is 17.4 Å². The Morgan fingerprint density at radius 1 is 1.50 bits per heavy atom. The van der Waals surface area contributed by atoms with Gasteiger partial charge in [0.2, 0.25) is 5.88 Å². The van der Waals surface area contributed by atoms with E-state index in [0.29, 0.717) is 0 Å². The highest BCUT2D eigenvalue weighted by molar-refractivity contribution is 5.49. The number of aromatic hydroxyl groups is 1. The zero-order valence-corrected chi connectivity index (χ0v) is 8.21. The van der Waals surface area contributed by atoms with Crippen LogP contribution in [0.15, 0.2) is 6.20 Å². The lowest BCUT2D eigenvalue weighted by Crippen LogP contribution is -2.19. The number of halogens is 3. The topological polar surface area (TPSA) is 77.6 Å². The number of nitrogens with zero attached hydrogens (tertiary/aromatic N) is 1. The van der Waals surface area contributed by atoms with Crippen LogP contribution < -0.4 is 15.2 Å². The molecule has 0 saturated heterocycles. The predicted molar refractivity (Wildman–Crippen MR) is 47.0 cm³/mol. The van der Waals surface area contributed by atoms with Gasteiger partial charge in [0.1, 0.15) is 0 Å². The fourth-order valence-corrected chi connectivity index (χ4v) is 1.09. The summed E-state index contributed by atoms with van der Waals surface area (Å²) >= 11 is 0. The molecule has 8 heteroatoms. The molecular formula is C8H9F3N2O3. The fourth-order valence-electron chi connectivity index (χ4n) is 1.09. The maximum absolute atomic E-state index is 12.0. The van der Waals surface area contributed by atoms with Gasteiger partial charge in [-0.05, 0) is 0 Å². The van der Waals surface area contributed by atoms with Gasteiger partial charge in [0.15, 0.2) is 11.5 Å². The van der Waals surface area contributed by atoms with Crippen molar-refractivity contribution in [2.75, 3.05) is 7.11 Å². The Hall–Kier alpha value is -1.70. The molecule has 0 amide bonds. The van der Waals surface area contributed by atoms with Crippen molar-refractivity contribution >= 4 is 0 Å². The molecule has 1 rings (SSSR count). The van der Waals surface area contributed by atoms with E-state index in [-0.39, 0.29) is 18.0 Å². The van der Waals surface area contributed by atoms with Gasteiger partial charge in [0, 0.05) is 6.54 Å². The van der Waals surface area contributed by atoms with Gasteiger partial charge in [-0.2, -0.15) is 0 Å². The molecule has 90 valence electrons. The summed E-state index contributed by atoms with van der Waals surface area (Å²) in [5.41, 5.74) is 5.08. The molecule has 0 atom stereocenters. The first-order valence-corrected chi connectivity index (χ1v) is 4.09. The Kier molecular flexibility index (Phi) is 3.43. The molecule has 0 fully saturated rings. The van der Waals surface area contributed by atoms with Crippen molar-refractivity contribution in [3.63, 3.8) is 0 Å². The van der Waals surface area contributed by atoms with Crippen molar-refractivity contribution in [2.45, 2.75) is 12.9 Å². The molecule has 1 heterocycles. The summed E-state index contributed by atoms with van der Waals surface area (Å²) in [5.74, 6) is -1.67. The third-order valence-electron chi connectivity index (χ3n) is 1.68. The minimum Gasteiger partial charge on any atom is -0.503 e. The van der Waals surface area contributed by atoms with E-state index < -0.39 is 17.9 Å². The average molecular weight is 238 g/mol. The lowest BCUT2D eigenvalue weighted by molar-refractivity contribution is -0.275. The minimum absolute atomic E-state index is 0.125. The second kappa shape index (κ2) is 4.44. The van der Waals surface area contributed by atoms with E-state index in [4.69, 9.17) is 10.5 Å². The maximum Gasteiger partial charge on any atom is 0.573 e.